The van der Waals surface area contributed by atoms with Gasteiger partial charge in [-0.3, -0.25) is 14.5 Å². The van der Waals surface area contributed by atoms with Gasteiger partial charge in [-0.2, -0.15) is 23.1 Å². The summed E-state index contributed by atoms with van der Waals surface area (Å²) in [6, 6.07) is 1.72. The minimum atomic E-state index is -0.135. The second kappa shape index (κ2) is 9.30. The van der Waals surface area contributed by atoms with E-state index in [1.165, 1.54) is 11.3 Å². The van der Waals surface area contributed by atoms with Crippen molar-refractivity contribution in [1.29, 1.82) is 0 Å². The smallest absolute Gasteiger partial charge is 0.252 e. The normalized spacial score (nSPS) is 21.3. The number of amides is 2. The van der Waals surface area contributed by atoms with Crippen molar-refractivity contribution in [2.45, 2.75) is 31.8 Å². The Balaban J connectivity index is 1.94. The lowest BCUT2D eigenvalue weighted by atomic mass is 10.1. The molecule has 7 heteroatoms. The van der Waals surface area contributed by atoms with E-state index in [4.69, 9.17) is 0 Å². The molecule has 2 amide bonds. The van der Waals surface area contributed by atoms with Crippen LogP contribution < -0.4 is 10.6 Å². The van der Waals surface area contributed by atoms with Crippen LogP contribution in [0.5, 0.6) is 0 Å². The van der Waals surface area contributed by atoms with Crippen LogP contribution in [0.25, 0.3) is 0 Å². The standard InChI is InChI=1S/C16H25N3O2S2/c1-3-17-16(21)14-9-13(10-19(14)6-4-7-22-2)18-15(20)12-5-8-23-11-12/h5,8,11,13-14H,3-4,6-7,9-10H2,1-2H3,(H,17,21)(H,18,20)/t13-,14+/m1/s1. The van der Waals surface area contributed by atoms with Crippen molar-refractivity contribution in [2.24, 2.45) is 0 Å². The molecule has 2 rings (SSSR count). The van der Waals surface area contributed by atoms with Crippen LogP contribution in [0.1, 0.15) is 30.1 Å². The van der Waals surface area contributed by atoms with Gasteiger partial charge in [-0.05, 0) is 49.8 Å². The Morgan fingerprint density at radius 1 is 1.48 bits per heavy atom. The Morgan fingerprint density at radius 2 is 2.30 bits per heavy atom. The highest BCUT2D eigenvalue weighted by molar-refractivity contribution is 7.98. The van der Waals surface area contributed by atoms with Gasteiger partial charge in [0.15, 0.2) is 0 Å². The fraction of sp³-hybridized carbons (Fsp3) is 0.625. The molecule has 1 aromatic rings. The Morgan fingerprint density at radius 3 is 2.96 bits per heavy atom. The van der Waals surface area contributed by atoms with E-state index >= 15 is 0 Å². The number of thioether (sulfide) groups is 1. The summed E-state index contributed by atoms with van der Waals surface area (Å²) >= 11 is 3.33. The first-order valence-electron chi connectivity index (χ1n) is 7.99. The van der Waals surface area contributed by atoms with Gasteiger partial charge in [-0.1, -0.05) is 0 Å². The molecule has 0 aromatic carbocycles. The summed E-state index contributed by atoms with van der Waals surface area (Å²) in [6.07, 6.45) is 3.83. The van der Waals surface area contributed by atoms with Crippen LogP contribution in [0.15, 0.2) is 16.8 Å². The number of rotatable bonds is 8. The lowest BCUT2D eigenvalue weighted by Gasteiger charge is -2.22. The molecule has 1 fully saturated rings. The van der Waals surface area contributed by atoms with Crippen LogP contribution in [0, 0.1) is 0 Å². The zero-order valence-corrected chi connectivity index (χ0v) is 15.3. The lowest BCUT2D eigenvalue weighted by Crippen LogP contribution is -2.43. The number of carbonyl (C=O) groups excluding carboxylic acids is 2. The maximum Gasteiger partial charge on any atom is 0.252 e. The van der Waals surface area contributed by atoms with Crippen LogP contribution in [0.3, 0.4) is 0 Å². The fourth-order valence-electron chi connectivity index (χ4n) is 2.89. The highest BCUT2D eigenvalue weighted by Gasteiger charge is 2.36. The number of nitrogens with one attached hydrogen (secondary N) is 2. The number of hydrogen-bond donors (Lipinski definition) is 2. The summed E-state index contributed by atoms with van der Waals surface area (Å²) < 4.78 is 0. The molecule has 1 aliphatic rings. The van der Waals surface area contributed by atoms with Gasteiger partial charge in [0.2, 0.25) is 5.91 Å². The zero-order valence-electron chi connectivity index (χ0n) is 13.7. The highest BCUT2D eigenvalue weighted by Crippen LogP contribution is 2.20. The van der Waals surface area contributed by atoms with E-state index in [9.17, 15) is 9.59 Å². The lowest BCUT2D eigenvalue weighted by molar-refractivity contribution is -0.125. The molecule has 0 bridgehead atoms. The third-order valence-corrected chi connectivity index (χ3v) is 5.35. The first kappa shape index (κ1) is 18.3. The van der Waals surface area contributed by atoms with E-state index in [2.05, 4.69) is 21.8 Å². The van der Waals surface area contributed by atoms with Crippen molar-refractivity contribution >= 4 is 34.9 Å². The van der Waals surface area contributed by atoms with E-state index in [0.29, 0.717) is 18.5 Å². The molecule has 1 saturated heterocycles. The predicted molar refractivity (Wildman–Crippen MR) is 97.2 cm³/mol. The molecule has 5 nitrogen and oxygen atoms in total. The Labute approximate surface area is 146 Å². The molecular formula is C16H25N3O2S2. The summed E-state index contributed by atoms with van der Waals surface area (Å²) in [5.74, 6) is 1.12. The SMILES string of the molecule is CCNC(=O)[C@@H]1C[C@@H](NC(=O)c2ccsc2)CN1CCCSC. The Kier molecular flexibility index (Phi) is 7.39. The van der Waals surface area contributed by atoms with E-state index in [1.54, 1.807) is 0 Å². The summed E-state index contributed by atoms with van der Waals surface area (Å²) in [5.41, 5.74) is 0.699. The summed E-state index contributed by atoms with van der Waals surface area (Å²) in [5, 5.41) is 9.73. The topological polar surface area (TPSA) is 61.4 Å². The molecular weight excluding hydrogens is 330 g/mol. The van der Waals surface area contributed by atoms with Gasteiger partial charge in [0.05, 0.1) is 6.04 Å². The minimum absolute atomic E-state index is 0.0317. The Bertz CT molecular complexity index is 507. The quantitative estimate of drug-likeness (QED) is 0.698. The molecule has 0 unspecified atom stereocenters. The molecule has 1 aromatic heterocycles. The second-order valence-corrected chi connectivity index (χ2v) is 7.44. The summed E-state index contributed by atoms with van der Waals surface area (Å²) in [7, 11) is 0. The monoisotopic (exact) mass is 355 g/mol. The van der Waals surface area contributed by atoms with E-state index in [-0.39, 0.29) is 23.9 Å². The third kappa shape index (κ3) is 5.22. The molecule has 23 heavy (non-hydrogen) atoms. The summed E-state index contributed by atoms with van der Waals surface area (Å²) in [6.45, 7) is 4.21. The van der Waals surface area contributed by atoms with E-state index in [0.717, 1.165) is 25.3 Å². The molecule has 128 valence electrons. The molecule has 2 N–H and O–H groups in total. The number of nitrogens with zero attached hydrogens (tertiary/aromatic N) is 1. The molecule has 0 radical (unpaired) electrons. The summed E-state index contributed by atoms with van der Waals surface area (Å²) in [4.78, 5) is 26.7. The van der Waals surface area contributed by atoms with Crippen molar-refractivity contribution < 1.29 is 9.59 Å². The maximum atomic E-state index is 12.3. The van der Waals surface area contributed by atoms with Crippen molar-refractivity contribution in [1.82, 2.24) is 15.5 Å². The molecule has 0 aliphatic carbocycles. The van der Waals surface area contributed by atoms with Crippen LogP contribution in [-0.2, 0) is 4.79 Å². The molecule has 0 spiro atoms. The van der Waals surface area contributed by atoms with Gasteiger partial charge >= 0.3 is 0 Å². The van der Waals surface area contributed by atoms with Crippen LogP contribution >= 0.6 is 23.1 Å². The number of hydrogen-bond acceptors (Lipinski definition) is 5. The fourth-order valence-corrected chi connectivity index (χ4v) is 3.95. The second-order valence-electron chi connectivity index (χ2n) is 5.67. The zero-order chi connectivity index (χ0) is 16.7. The predicted octanol–water partition coefficient (Wildman–Crippen LogP) is 1.81. The van der Waals surface area contributed by atoms with Crippen molar-refractivity contribution in [3.63, 3.8) is 0 Å². The number of likely N-dealkylation sites (N-methyl/N-ethyl adjacent to an activating group) is 1. The van der Waals surface area contributed by atoms with Gasteiger partial charge in [-0.15, -0.1) is 0 Å². The van der Waals surface area contributed by atoms with Crippen molar-refractivity contribution in [3.05, 3.63) is 22.4 Å². The molecule has 2 heterocycles. The molecule has 1 aliphatic heterocycles. The van der Waals surface area contributed by atoms with Gasteiger partial charge < -0.3 is 10.6 Å². The Hall–Kier alpha value is -1.05. The highest BCUT2D eigenvalue weighted by atomic mass is 32.2. The van der Waals surface area contributed by atoms with Crippen LogP contribution in [0.4, 0.5) is 0 Å². The van der Waals surface area contributed by atoms with Crippen molar-refractivity contribution in [3.8, 4) is 0 Å². The van der Waals surface area contributed by atoms with Gasteiger partial charge in [0.1, 0.15) is 0 Å². The van der Waals surface area contributed by atoms with Gasteiger partial charge in [0, 0.05) is 30.1 Å². The number of carbonyl (C=O) groups is 2. The largest absolute Gasteiger partial charge is 0.355 e. The first-order chi connectivity index (χ1) is 11.2. The van der Waals surface area contributed by atoms with E-state index in [1.807, 2.05) is 35.5 Å². The van der Waals surface area contributed by atoms with Crippen molar-refractivity contribution in [2.75, 3.05) is 31.6 Å². The number of thiophene rings is 1. The molecule has 0 saturated carbocycles. The average molecular weight is 356 g/mol. The first-order valence-corrected chi connectivity index (χ1v) is 10.3. The number of likely N-dealkylation sites (tertiary alicyclic amines) is 1. The average Bonchev–Trinajstić information content (AvgIpc) is 3.17. The third-order valence-electron chi connectivity index (χ3n) is 3.97. The van der Waals surface area contributed by atoms with Gasteiger partial charge in [0.25, 0.3) is 5.91 Å². The van der Waals surface area contributed by atoms with Crippen LogP contribution in [-0.4, -0.2) is 60.4 Å². The van der Waals surface area contributed by atoms with E-state index < -0.39 is 0 Å². The molecule has 2 atom stereocenters. The minimum Gasteiger partial charge on any atom is -0.355 e. The van der Waals surface area contributed by atoms with Crippen LogP contribution in [0.2, 0.25) is 0 Å². The maximum absolute atomic E-state index is 12.3. The van der Waals surface area contributed by atoms with Gasteiger partial charge in [-0.25, -0.2) is 0 Å².